The molecule has 3 rings (SSSR count). The van der Waals surface area contributed by atoms with Crippen LogP contribution in [0, 0.1) is 0 Å². The number of benzene rings is 3. The number of hydrogen-bond acceptors (Lipinski definition) is 6. The Bertz CT molecular complexity index is 1340. The summed E-state index contributed by atoms with van der Waals surface area (Å²) in [6.45, 7) is 2.07. The highest BCUT2D eigenvalue weighted by Gasteiger charge is 2.23. The number of sulfonamides is 1. The number of rotatable bonds is 9. The quantitative estimate of drug-likeness (QED) is 0.315. The van der Waals surface area contributed by atoms with Crippen molar-refractivity contribution in [3.05, 3.63) is 84.4 Å². The van der Waals surface area contributed by atoms with Gasteiger partial charge in [-0.2, -0.15) is 0 Å². The number of amides is 1. The lowest BCUT2D eigenvalue weighted by Crippen LogP contribution is -2.33. The SMILES string of the molecule is CCN(c1ccccc1)S(=O)(=O)c1ccc(NC(=S)NC(=O)C=Cc2ccc(OC)c(OC)c2)cc1. The van der Waals surface area contributed by atoms with Crippen LogP contribution in [0.2, 0.25) is 0 Å². The molecule has 2 N–H and O–H groups in total. The second-order valence-electron chi connectivity index (χ2n) is 7.42. The van der Waals surface area contributed by atoms with Crippen LogP contribution < -0.4 is 24.4 Å². The fourth-order valence-electron chi connectivity index (χ4n) is 3.37. The molecule has 0 spiro atoms. The van der Waals surface area contributed by atoms with Gasteiger partial charge in [0.25, 0.3) is 10.0 Å². The number of para-hydroxylation sites is 1. The second-order valence-corrected chi connectivity index (χ2v) is 9.69. The van der Waals surface area contributed by atoms with Crippen molar-refractivity contribution >= 4 is 50.7 Å². The van der Waals surface area contributed by atoms with Crippen LogP contribution in [0.5, 0.6) is 11.5 Å². The molecule has 0 atom stereocenters. The molecule has 0 heterocycles. The van der Waals surface area contributed by atoms with Crippen molar-refractivity contribution in [2.75, 3.05) is 30.4 Å². The highest BCUT2D eigenvalue weighted by Crippen LogP contribution is 2.28. The van der Waals surface area contributed by atoms with E-state index >= 15 is 0 Å². The third kappa shape index (κ3) is 6.61. The number of nitrogens with one attached hydrogen (secondary N) is 2. The van der Waals surface area contributed by atoms with Crippen LogP contribution in [0.1, 0.15) is 12.5 Å². The van der Waals surface area contributed by atoms with Crippen LogP contribution in [0.3, 0.4) is 0 Å². The lowest BCUT2D eigenvalue weighted by molar-refractivity contribution is -0.115. The standard InChI is InChI=1S/C26H27N3O5S2/c1-4-29(21-8-6-5-7-9-21)36(31,32)22-14-12-20(13-15-22)27-26(35)28-25(30)17-11-19-10-16-23(33-2)24(18-19)34-3/h5-18H,4H2,1-3H3,(H2,27,28,30,35). The predicted molar refractivity (Wildman–Crippen MR) is 146 cm³/mol. The molecule has 0 unspecified atom stereocenters. The van der Waals surface area contributed by atoms with Gasteiger partial charge in [0, 0.05) is 18.3 Å². The van der Waals surface area contributed by atoms with Gasteiger partial charge < -0.3 is 14.8 Å². The summed E-state index contributed by atoms with van der Waals surface area (Å²) in [5.41, 5.74) is 1.87. The van der Waals surface area contributed by atoms with Crippen LogP contribution in [-0.4, -0.2) is 40.2 Å². The number of nitrogens with zero attached hydrogens (tertiary/aromatic N) is 1. The maximum absolute atomic E-state index is 13.1. The van der Waals surface area contributed by atoms with Gasteiger partial charge in [-0.3, -0.25) is 14.4 Å². The Hall–Kier alpha value is -3.89. The molecule has 188 valence electrons. The number of thiocarbonyl (C=S) groups is 1. The van der Waals surface area contributed by atoms with Crippen LogP contribution in [0.25, 0.3) is 6.08 Å². The average molecular weight is 526 g/mol. The summed E-state index contributed by atoms with van der Waals surface area (Å²) in [5, 5.41) is 5.51. The van der Waals surface area contributed by atoms with E-state index in [1.54, 1.807) is 74.7 Å². The fourth-order valence-corrected chi connectivity index (χ4v) is 5.06. The van der Waals surface area contributed by atoms with Gasteiger partial charge in [0.05, 0.1) is 24.8 Å². The van der Waals surface area contributed by atoms with Crippen LogP contribution >= 0.6 is 12.2 Å². The first-order valence-electron chi connectivity index (χ1n) is 11.0. The van der Waals surface area contributed by atoms with Crippen LogP contribution in [0.15, 0.2) is 83.8 Å². The van der Waals surface area contributed by atoms with E-state index in [4.69, 9.17) is 21.7 Å². The third-order valence-electron chi connectivity index (χ3n) is 5.10. The van der Waals surface area contributed by atoms with Gasteiger partial charge in [-0.1, -0.05) is 24.3 Å². The maximum Gasteiger partial charge on any atom is 0.264 e. The molecule has 0 aliphatic rings. The monoisotopic (exact) mass is 525 g/mol. The maximum atomic E-state index is 13.1. The average Bonchev–Trinajstić information content (AvgIpc) is 2.88. The van der Waals surface area contributed by atoms with E-state index in [0.717, 1.165) is 5.56 Å². The largest absolute Gasteiger partial charge is 0.493 e. The van der Waals surface area contributed by atoms with Gasteiger partial charge in [-0.15, -0.1) is 0 Å². The summed E-state index contributed by atoms with van der Waals surface area (Å²) in [5.74, 6) is 0.710. The molecule has 36 heavy (non-hydrogen) atoms. The molecule has 0 bridgehead atoms. The van der Waals surface area contributed by atoms with Crippen molar-refractivity contribution in [3.8, 4) is 11.5 Å². The minimum absolute atomic E-state index is 0.0760. The lowest BCUT2D eigenvalue weighted by atomic mass is 10.2. The molecule has 0 aliphatic heterocycles. The number of carbonyl (C=O) groups excluding carboxylic acids is 1. The van der Waals surface area contributed by atoms with Gasteiger partial charge in [0.1, 0.15) is 0 Å². The topological polar surface area (TPSA) is 97.0 Å². The molecule has 0 radical (unpaired) electrons. The molecular weight excluding hydrogens is 498 g/mol. The molecule has 3 aromatic carbocycles. The molecule has 10 heteroatoms. The molecule has 0 aliphatic carbocycles. The zero-order valence-corrected chi connectivity index (χ0v) is 21.7. The van der Waals surface area contributed by atoms with Crippen molar-refractivity contribution in [2.45, 2.75) is 11.8 Å². The Kier molecular flexibility index (Phi) is 9.04. The first-order chi connectivity index (χ1) is 17.3. The number of methoxy groups -OCH3 is 2. The van der Waals surface area contributed by atoms with E-state index in [0.29, 0.717) is 29.4 Å². The van der Waals surface area contributed by atoms with E-state index in [1.807, 2.05) is 6.07 Å². The highest BCUT2D eigenvalue weighted by molar-refractivity contribution is 7.92. The molecule has 0 fully saturated rings. The lowest BCUT2D eigenvalue weighted by Gasteiger charge is -2.23. The smallest absolute Gasteiger partial charge is 0.264 e. The van der Waals surface area contributed by atoms with Crippen molar-refractivity contribution < 1.29 is 22.7 Å². The minimum Gasteiger partial charge on any atom is -0.493 e. The Morgan fingerprint density at radius 1 is 0.972 bits per heavy atom. The fraction of sp³-hybridized carbons (Fsp3) is 0.154. The van der Waals surface area contributed by atoms with Crippen LogP contribution in [-0.2, 0) is 14.8 Å². The zero-order valence-electron chi connectivity index (χ0n) is 20.1. The third-order valence-corrected chi connectivity index (χ3v) is 7.22. The number of ether oxygens (including phenoxy) is 2. The van der Waals surface area contributed by atoms with Gasteiger partial charge in [-0.05, 0) is 79.3 Å². The Balaban J connectivity index is 1.61. The molecular formula is C26H27N3O5S2. The van der Waals surface area contributed by atoms with Gasteiger partial charge >= 0.3 is 0 Å². The second kappa shape index (κ2) is 12.2. The molecule has 0 saturated heterocycles. The van der Waals surface area contributed by atoms with Crippen molar-refractivity contribution in [1.82, 2.24) is 5.32 Å². The normalized spacial score (nSPS) is 11.1. The molecule has 8 nitrogen and oxygen atoms in total. The predicted octanol–water partition coefficient (Wildman–Crippen LogP) is 4.45. The highest BCUT2D eigenvalue weighted by atomic mass is 32.2. The van der Waals surface area contributed by atoms with Gasteiger partial charge in [-0.25, -0.2) is 8.42 Å². The van der Waals surface area contributed by atoms with E-state index in [2.05, 4.69) is 10.6 Å². The van der Waals surface area contributed by atoms with Gasteiger partial charge in [0.15, 0.2) is 16.6 Å². The van der Waals surface area contributed by atoms with Crippen molar-refractivity contribution in [2.24, 2.45) is 0 Å². The Morgan fingerprint density at radius 3 is 2.25 bits per heavy atom. The summed E-state index contributed by atoms with van der Waals surface area (Å²) < 4.78 is 38.0. The number of carbonyl (C=O) groups is 1. The summed E-state index contributed by atoms with van der Waals surface area (Å²) in [6, 6.07) is 20.3. The summed E-state index contributed by atoms with van der Waals surface area (Å²) in [4.78, 5) is 12.4. The Labute approximate surface area is 216 Å². The zero-order chi connectivity index (χ0) is 26.1. The summed E-state index contributed by atoms with van der Waals surface area (Å²) >= 11 is 5.21. The molecule has 1 amide bonds. The Morgan fingerprint density at radius 2 is 1.64 bits per heavy atom. The van der Waals surface area contributed by atoms with Gasteiger partial charge in [0.2, 0.25) is 5.91 Å². The summed E-state index contributed by atoms with van der Waals surface area (Å²) in [6.07, 6.45) is 2.96. The minimum atomic E-state index is -3.73. The van der Waals surface area contributed by atoms with E-state index in [1.165, 1.54) is 29.6 Å². The first kappa shape index (κ1) is 26.7. The first-order valence-corrected chi connectivity index (χ1v) is 12.8. The molecule has 0 aromatic heterocycles. The van der Waals surface area contributed by atoms with Crippen molar-refractivity contribution in [1.29, 1.82) is 0 Å². The molecule has 0 saturated carbocycles. The number of anilines is 2. The molecule has 3 aromatic rings. The number of hydrogen-bond donors (Lipinski definition) is 2. The van der Waals surface area contributed by atoms with E-state index in [-0.39, 0.29) is 10.0 Å². The van der Waals surface area contributed by atoms with Crippen LogP contribution in [0.4, 0.5) is 11.4 Å². The van der Waals surface area contributed by atoms with Crippen molar-refractivity contribution in [3.63, 3.8) is 0 Å². The van der Waals surface area contributed by atoms with E-state index in [9.17, 15) is 13.2 Å². The summed E-state index contributed by atoms with van der Waals surface area (Å²) in [7, 11) is -0.652. The van der Waals surface area contributed by atoms with E-state index < -0.39 is 15.9 Å².